The van der Waals surface area contributed by atoms with E-state index in [0.29, 0.717) is 26.2 Å². The quantitative estimate of drug-likeness (QED) is 0.868. The van der Waals surface area contributed by atoms with Crippen LogP contribution < -0.4 is 10.6 Å². The van der Waals surface area contributed by atoms with Crippen LogP contribution in [0.15, 0.2) is 30.3 Å². The van der Waals surface area contributed by atoms with Crippen molar-refractivity contribution in [3.05, 3.63) is 30.3 Å². The van der Waals surface area contributed by atoms with E-state index in [-0.39, 0.29) is 11.9 Å². The maximum atomic E-state index is 12.0. The SMILES string of the molecule is CCNC(=O)N1CCN(CC(=O)Nc2ccccc2)CC1. The van der Waals surface area contributed by atoms with Crippen LogP contribution in [0.3, 0.4) is 0 Å². The van der Waals surface area contributed by atoms with Gasteiger partial charge in [0.15, 0.2) is 0 Å². The minimum atomic E-state index is -0.0223. The van der Waals surface area contributed by atoms with Gasteiger partial charge in [0.25, 0.3) is 0 Å². The lowest BCUT2D eigenvalue weighted by Crippen LogP contribution is -2.52. The maximum absolute atomic E-state index is 12.0. The number of benzene rings is 1. The molecule has 0 atom stereocenters. The highest BCUT2D eigenvalue weighted by Crippen LogP contribution is 2.06. The Hall–Kier alpha value is -2.08. The van der Waals surface area contributed by atoms with E-state index in [1.54, 1.807) is 4.90 Å². The van der Waals surface area contributed by atoms with E-state index in [4.69, 9.17) is 0 Å². The Morgan fingerprint density at radius 2 is 1.76 bits per heavy atom. The van der Waals surface area contributed by atoms with Crippen LogP contribution in [0.25, 0.3) is 0 Å². The van der Waals surface area contributed by atoms with E-state index in [1.807, 2.05) is 37.3 Å². The lowest BCUT2D eigenvalue weighted by atomic mass is 10.3. The van der Waals surface area contributed by atoms with Gasteiger partial charge in [0.05, 0.1) is 6.54 Å². The van der Waals surface area contributed by atoms with Crippen LogP contribution >= 0.6 is 0 Å². The van der Waals surface area contributed by atoms with Crippen LogP contribution in [0.2, 0.25) is 0 Å². The van der Waals surface area contributed by atoms with Gasteiger partial charge in [-0.05, 0) is 19.1 Å². The number of carbonyl (C=O) groups excluding carboxylic acids is 2. The third kappa shape index (κ3) is 4.75. The molecular formula is C15H22N4O2. The van der Waals surface area contributed by atoms with Crippen LogP contribution in [-0.2, 0) is 4.79 Å². The molecule has 0 spiro atoms. The van der Waals surface area contributed by atoms with E-state index in [0.717, 1.165) is 18.8 Å². The van der Waals surface area contributed by atoms with Crippen molar-refractivity contribution < 1.29 is 9.59 Å². The monoisotopic (exact) mass is 290 g/mol. The zero-order valence-electron chi connectivity index (χ0n) is 12.3. The molecule has 1 fully saturated rings. The van der Waals surface area contributed by atoms with Gasteiger partial charge < -0.3 is 15.5 Å². The van der Waals surface area contributed by atoms with Crippen molar-refractivity contribution >= 4 is 17.6 Å². The highest BCUT2D eigenvalue weighted by atomic mass is 16.2. The molecule has 114 valence electrons. The minimum absolute atomic E-state index is 0.0207. The third-order valence-electron chi connectivity index (χ3n) is 3.41. The Morgan fingerprint density at radius 1 is 1.10 bits per heavy atom. The predicted octanol–water partition coefficient (Wildman–Crippen LogP) is 0.972. The lowest BCUT2D eigenvalue weighted by molar-refractivity contribution is -0.117. The molecule has 0 aromatic heterocycles. The Kier molecular flexibility index (Phi) is 5.57. The van der Waals surface area contributed by atoms with E-state index in [9.17, 15) is 9.59 Å². The van der Waals surface area contributed by atoms with Gasteiger partial charge >= 0.3 is 6.03 Å². The Balaban J connectivity index is 1.73. The summed E-state index contributed by atoms with van der Waals surface area (Å²) in [4.78, 5) is 27.5. The summed E-state index contributed by atoms with van der Waals surface area (Å²) in [5.41, 5.74) is 0.809. The number of anilines is 1. The number of hydrogen-bond donors (Lipinski definition) is 2. The molecule has 1 aromatic carbocycles. The topological polar surface area (TPSA) is 64.7 Å². The van der Waals surface area contributed by atoms with E-state index in [1.165, 1.54) is 0 Å². The molecule has 0 bridgehead atoms. The van der Waals surface area contributed by atoms with Crippen LogP contribution in [0.5, 0.6) is 0 Å². The van der Waals surface area contributed by atoms with Gasteiger partial charge in [0, 0.05) is 38.4 Å². The summed E-state index contributed by atoms with van der Waals surface area (Å²) in [5.74, 6) is -0.0207. The summed E-state index contributed by atoms with van der Waals surface area (Å²) >= 11 is 0. The second-order valence-electron chi connectivity index (χ2n) is 5.01. The first-order chi connectivity index (χ1) is 10.2. The smallest absolute Gasteiger partial charge is 0.317 e. The summed E-state index contributed by atoms with van der Waals surface area (Å²) in [6.45, 7) is 5.66. The largest absolute Gasteiger partial charge is 0.338 e. The van der Waals surface area contributed by atoms with Crippen LogP contribution in [0, 0.1) is 0 Å². The van der Waals surface area contributed by atoms with Gasteiger partial charge in [0.1, 0.15) is 0 Å². The Bertz CT molecular complexity index is 470. The first kappa shape index (κ1) is 15.3. The standard InChI is InChI=1S/C15H22N4O2/c1-2-16-15(21)19-10-8-18(9-11-19)12-14(20)17-13-6-4-3-5-7-13/h3-7H,2,8-12H2,1H3,(H,16,21)(H,17,20). The molecule has 1 aliphatic heterocycles. The number of para-hydroxylation sites is 1. The second kappa shape index (κ2) is 7.64. The van der Waals surface area contributed by atoms with Gasteiger partial charge in [-0.25, -0.2) is 4.79 Å². The van der Waals surface area contributed by atoms with Crippen molar-refractivity contribution in [2.45, 2.75) is 6.92 Å². The first-order valence-electron chi connectivity index (χ1n) is 7.29. The summed E-state index contributed by atoms with van der Waals surface area (Å²) in [7, 11) is 0. The molecule has 3 amide bonds. The normalized spacial score (nSPS) is 15.6. The van der Waals surface area contributed by atoms with Crippen molar-refractivity contribution in [1.29, 1.82) is 0 Å². The summed E-state index contributed by atoms with van der Waals surface area (Å²) in [6.07, 6.45) is 0. The number of nitrogens with one attached hydrogen (secondary N) is 2. The van der Waals surface area contributed by atoms with Crippen molar-refractivity contribution in [2.75, 3.05) is 44.6 Å². The number of hydrogen-bond acceptors (Lipinski definition) is 3. The molecule has 6 heteroatoms. The number of amides is 3. The fourth-order valence-electron chi connectivity index (χ4n) is 2.30. The highest BCUT2D eigenvalue weighted by molar-refractivity contribution is 5.92. The van der Waals surface area contributed by atoms with Crippen molar-refractivity contribution in [1.82, 2.24) is 15.1 Å². The molecule has 2 N–H and O–H groups in total. The number of urea groups is 1. The van der Waals surface area contributed by atoms with Gasteiger partial charge in [-0.3, -0.25) is 9.69 Å². The number of piperazine rings is 1. The highest BCUT2D eigenvalue weighted by Gasteiger charge is 2.21. The molecule has 6 nitrogen and oxygen atoms in total. The molecule has 1 saturated heterocycles. The average Bonchev–Trinajstić information content (AvgIpc) is 2.49. The molecule has 1 heterocycles. The van der Waals surface area contributed by atoms with Crippen molar-refractivity contribution in [2.24, 2.45) is 0 Å². The van der Waals surface area contributed by atoms with Crippen molar-refractivity contribution in [3.8, 4) is 0 Å². The minimum Gasteiger partial charge on any atom is -0.338 e. The molecule has 1 aromatic rings. The van der Waals surface area contributed by atoms with Gasteiger partial charge in [-0.15, -0.1) is 0 Å². The summed E-state index contributed by atoms with van der Waals surface area (Å²) in [6, 6.07) is 9.40. The zero-order valence-corrected chi connectivity index (χ0v) is 12.3. The van der Waals surface area contributed by atoms with Gasteiger partial charge in [-0.2, -0.15) is 0 Å². The molecular weight excluding hydrogens is 268 g/mol. The van der Waals surface area contributed by atoms with E-state index < -0.39 is 0 Å². The number of rotatable bonds is 4. The van der Waals surface area contributed by atoms with Crippen LogP contribution in [0.4, 0.5) is 10.5 Å². The zero-order chi connectivity index (χ0) is 15.1. The fraction of sp³-hybridized carbons (Fsp3) is 0.467. The van der Waals surface area contributed by atoms with Crippen molar-refractivity contribution in [3.63, 3.8) is 0 Å². The molecule has 0 saturated carbocycles. The number of nitrogens with zero attached hydrogens (tertiary/aromatic N) is 2. The second-order valence-corrected chi connectivity index (χ2v) is 5.01. The Labute approximate surface area is 125 Å². The summed E-state index contributed by atoms with van der Waals surface area (Å²) in [5, 5.41) is 5.66. The molecule has 0 aliphatic carbocycles. The third-order valence-corrected chi connectivity index (χ3v) is 3.41. The first-order valence-corrected chi connectivity index (χ1v) is 7.29. The molecule has 0 unspecified atom stereocenters. The van der Waals surface area contributed by atoms with Crippen LogP contribution in [0.1, 0.15) is 6.92 Å². The lowest BCUT2D eigenvalue weighted by Gasteiger charge is -2.34. The average molecular weight is 290 g/mol. The van der Waals surface area contributed by atoms with Gasteiger partial charge in [-0.1, -0.05) is 18.2 Å². The Morgan fingerprint density at radius 3 is 2.38 bits per heavy atom. The van der Waals surface area contributed by atoms with E-state index >= 15 is 0 Å². The summed E-state index contributed by atoms with van der Waals surface area (Å²) < 4.78 is 0. The number of carbonyl (C=O) groups is 2. The molecule has 0 radical (unpaired) electrons. The molecule has 2 rings (SSSR count). The van der Waals surface area contributed by atoms with E-state index in [2.05, 4.69) is 15.5 Å². The predicted molar refractivity (Wildman–Crippen MR) is 82.2 cm³/mol. The van der Waals surface area contributed by atoms with Crippen LogP contribution in [-0.4, -0.2) is 61.0 Å². The molecule has 21 heavy (non-hydrogen) atoms. The van der Waals surface area contributed by atoms with Gasteiger partial charge in [0.2, 0.25) is 5.91 Å². The fourth-order valence-corrected chi connectivity index (χ4v) is 2.30. The molecule has 1 aliphatic rings. The maximum Gasteiger partial charge on any atom is 0.317 e.